The molecule has 0 aliphatic carbocycles. The van der Waals surface area contributed by atoms with Gasteiger partial charge in [-0.15, -0.1) is 0 Å². The fourth-order valence-electron chi connectivity index (χ4n) is 2.41. The van der Waals surface area contributed by atoms with Gasteiger partial charge in [0.2, 0.25) is 0 Å². The van der Waals surface area contributed by atoms with Crippen LogP contribution in [0, 0.1) is 13.8 Å². The Hall–Kier alpha value is -3.01. The van der Waals surface area contributed by atoms with E-state index in [9.17, 15) is 4.79 Å². The molecule has 0 unspecified atom stereocenters. The van der Waals surface area contributed by atoms with Gasteiger partial charge in [-0.2, -0.15) is 0 Å². The van der Waals surface area contributed by atoms with E-state index in [1.54, 1.807) is 11.1 Å². The predicted octanol–water partition coefficient (Wildman–Crippen LogP) is 3.94. The van der Waals surface area contributed by atoms with E-state index in [1.807, 2.05) is 68.4 Å². The molecule has 0 aliphatic rings. The highest BCUT2D eigenvalue weighted by Gasteiger charge is 2.19. The largest absolute Gasteiger partial charge is 0.303 e. The quantitative estimate of drug-likeness (QED) is 0.732. The predicted molar refractivity (Wildman–Crippen MR) is 94.9 cm³/mol. The summed E-state index contributed by atoms with van der Waals surface area (Å²) in [5.74, 6) is -0.157. The Labute approximate surface area is 141 Å². The first-order valence-electron chi connectivity index (χ1n) is 7.84. The van der Waals surface area contributed by atoms with Crippen molar-refractivity contribution in [2.24, 2.45) is 0 Å². The average Bonchev–Trinajstić information content (AvgIpc) is 2.62. The normalized spacial score (nSPS) is 10.4. The number of amides is 1. The Morgan fingerprint density at radius 2 is 1.62 bits per heavy atom. The van der Waals surface area contributed by atoms with Crippen LogP contribution < -0.4 is 4.90 Å². The summed E-state index contributed by atoms with van der Waals surface area (Å²) in [5, 5.41) is 0. The highest BCUT2D eigenvalue weighted by molar-refractivity contribution is 6.04. The summed E-state index contributed by atoms with van der Waals surface area (Å²) in [6.07, 6.45) is 3.15. The molecule has 3 rings (SSSR count). The molecule has 0 saturated heterocycles. The van der Waals surface area contributed by atoms with E-state index >= 15 is 0 Å². The SMILES string of the molecule is Cc1ccc(N(Cc2ccccc2)C(=O)c2cnc(C)cn2)cc1. The molecular weight excluding hydrogens is 298 g/mol. The third kappa shape index (κ3) is 3.66. The maximum Gasteiger partial charge on any atom is 0.278 e. The molecule has 0 radical (unpaired) electrons. The smallest absolute Gasteiger partial charge is 0.278 e. The molecule has 1 aromatic heterocycles. The van der Waals surface area contributed by atoms with E-state index in [0.29, 0.717) is 12.2 Å². The Kier molecular flexibility index (Phi) is 4.66. The van der Waals surface area contributed by atoms with Crippen LogP contribution in [0.4, 0.5) is 5.69 Å². The molecule has 0 fully saturated rings. The molecule has 24 heavy (non-hydrogen) atoms. The molecule has 0 atom stereocenters. The lowest BCUT2D eigenvalue weighted by Crippen LogP contribution is -2.31. The van der Waals surface area contributed by atoms with Crippen LogP contribution >= 0.6 is 0 Å². The fourth-order valence-corrected chi connectivity index (χ4v) is 2.41. The van der Waals surface area contributed by atoms with Crippen LogP contribution in [-0.2, 0) is 6.54 Å². The lowest BCUT2D eigenvalue weighted by Gasteiger charge is -2.23. The third-order valence-electron chi connectivity index (χ3n) is 3.77. The number of carbonyl (C=O) groups excluding carboxylic acids is 1. The van der Waals surface area contributed by atoms with Gasteiger partial charge in [-0.1, -0.05) is 48.0 Å². The van der Waals surface area contributed by atoms with Crippen molar-refractivity contribution in [1.82, 2.24) is 9.97 Å². The number of nitrogens with zero attached hydrogens (tertiary/aromatic N) is 3. The van der Waals surface area contributed by atoms with Crippen molar-refractivity contribution in [3.05, 3.63) is 89.5 Å². The summed E-state index contributed by atoms with van der Waals surface area (Å²) in [5.41, 5.74) is 4.19. The van der Waals surface area contributed by atoms with Gasteiger partial charge in [0.05, 0.1) is 18.4 Å². The minimum atomic E-state index is -0.157. The molecule has 2 aromatic carbocycles. The summed E-state index contributed by atoms with van der Waals surface area (Å²) in [6, 6.07) is 17.8. The van der Waals surface area contributed by atoms with Gasteiger partial charge in [0.15, 0.2) is 0 Å². The summed E-state index contributed by atoms with van der Waals surface area (Å²) in [7, 11) is 0. The molecule has 1 heterocycles. The average molecular weight is 317 g/mol. The first-order valence-corrected chi connectivity index (χ1v) is 7.84. The van der Waals surface area contributed by atoms with E-state index in [1.165, 1.54) is 6.20 Å². The Bertz CT molecular complexity index is 812. The zero-order chi connectivity index (χ0) is 16.9. The third-order valence-corrected chi connectivity index (χ3v) is 3.77. The lowest BCUT2D eigenvalue weighted by molar-refractivity contribution is 0.0980. The summed E-state index contributed by atoms with van der Waals surface area (Å²) >= 11 is 0. The highest BCUT2D eigenvalue weighted by Crippen LogP contribution is 2.20. The van der Waals surface area contributed by atoms with Crippen LogP contribution in [-0.4, -0.2) is 15.9 Å². The summed E-state index contributed by atoms with van der Waals surface area (Å²) in [6.45, 7) is 4.36. The number of anilines is 1. The van der Waals surface area contributed by atoms with Crippen molar-refractivity contribution in [3.63, 3.8) is 0 Å². The van der Waals surface area contributed by atoms with E-state index in [-0.39, 0.29) is 5.91 Å². The molecule has 4 nitrogen and oxygen atoms in total. The van der Waals surface area contributed by atoms with Crippen LogP contribution in [0.2, 0.25) is 0 Å². The second-order valence-corrected chi connectivity index (χ2v) is 5.76. The monoisotopic (exact) mass is 317 g/mol. The van der Waals surface area contributed by atoms with Crippen molar-refractivity contribution < 1.29 is 4.79 Å². The molecule has 0 bridgehead atoms. The minimum Gasteiger partial charge on any atom is -0.303 e. The first kappa shape index (κ1) is 15.9. The van der Waals surface area contributed by atoms with Crippen LogP contribution in [0.1, 0.15) is 27.3 Å². The number of hydrogen-bond donors (Lipinski definition) is 0. The van der Waals surface area contributed by atoms with E-state index in [2.05, 4.69) is 9.97 Å². The molecule has 4 heteroatoms. The number of aromatic nitrogens is 2. The first-order chi connectivity index (χ1) is 11.6. The van der Waals surface area contributed by atoms with Gasteiger partial charge in [0.1, 0.15) is 5.69 Å². The zero-order valence-electron chi connectivity index (χ0n) is 13.8. The number of benzene rings is 2. The highest BCUT2D eigenvalue weighted by atomic mass is 16.2. The second kappa shape index (κ2) is 7.04. The summed E-state index contributed by atoms with van der Waals surface area (Å²) in [4.78, 5) is 23.1. The number of carbonyl (C=O) groups is 1. The lowest BCUT2D eigenvalue weighted by atomic mass is 10.1. The zero-order valence-corrected chi connectivity index (χ0v) is 13.8. The Balaban J connectivity index is 1.96. The fraction of sp³-hybridized carbons (Fsp3) is 0.150. The van der Waals surface area contributed by atoms with Gasteiger partial charge in [0, 0.05) is 11.9 Å². The molecule has 120 valence electrons. The molecule has 0 aliphatic heterocycles. The van der Waals surface area contributed by atoms with Gasteiger partial charge in [0.25, 0.3) is 5.91 Å². The van der Waals surface area contributed by atoms with Gasteiger partial charge >= 0.3 is 0 Å². The van der Waals surface area contributed by atoms with Gasteiger partial charge < -0.3 is 4.90 Å². The van der Waals surface area contributed by atoms with Gasteiger partial charge in [-0.05, 0) is 31.5 Å². The molecule has 0 N–H and O–H groups in total. The van der Waals surface area contributed by atoms with E-state index < -0.39 is 0 Å². The second-order valence-electron chi connectivity index (χ2n) is 5.76. The Morgan fingerprint density at radius 3 is 2.25 bits per heavy atom. The number of aryl methyl sites for hydroxylation is 2. The van der Waals surface area contributed by atoms with Gasteiger partial charge in [-0.25, -0.2) is 4.98 Å². The molecule has 3 aromatic rings. The van der Waals surface area contributed by atoms with E-state index in [0.717, 1.165) is 22.5 Å². The van der Waals surface area contributed by atoms with Crippen molar-refractivity contribution in [3.8, 4) is 0 Å². The Morgan fingerprint density at radius 1 is 0.917 bits per heavy atom. The summed E-state index contributed by atoms with van der Waals surface area (Å²) < 4.78 is 0. The topological polar surface area (TPSA) is 46.1 Å². The number of hydrogen-bond acceptors (Lipinski definition) is 3. The van der Waals surface area contributed by atoms with Crippen molar-refractivity contribution in [2.75, 3.05) is 4.90 Å². The van der Waals surface area contributed by atoms with E-state index in [4.69, 9.17) is 0 Å². The van der Waals surface area contributed by atoms with Crippen LogP contribution in [0.25, 0.3) is 0 Å². The molecule has 0 spiro atoms. The minimum absolute atomic E-state index is 0.157. The number of rotatable bonds is 4. The maximum atomic E-state index is 13.0. The van der Waals surface area contributed by atoms with Crippen molar-refractivity contribution in [1.29, 1.82) is 0 Å². The molecule has 1 amide bonds. The van der Waals surface area contributed by atoms with Crippen molar-refractivity contribution >= 4 is 11.6 Å². The molecule has 0 saturated carbocycles. The van der Waals surface area contributed by atoms with Crippen LogP contribution in [0.15, 0.2) is 67.0 Å². The molecular formula is C20H19N3O. The maximum absolute atomic E-state index is 13.0. The standard InChI is InChI=1S/C20H19N3O/c1-15-8-10-18(11-9-15)23(14-17-6-4-3-5-7-17)20(24)19-13-21-16(2)12-22-19/h3-13H,14H2,1-2H3. The van der Waals surface area contributed by atoms with Crippen molar-refractivity contribution in [2.45, 2.75) is 20.4 Å². The van der Waals surface area contributed by atoms with Crippen LogP contribution in [0.5, 0.6) is 0 Å². The van der Waals surface area contributed by atoms with Crippen LogP contribution in [0.3, 0.4) is 0 Å². The van der Waals surface area contributed by atoms with Gasteiger partial charge in [-0.3, -0.25) is 9.78 Å².